The molecule has 4 aromatic rings. The second kappa shape index (κ2) is 10.7. The first-order valence-electron chi connectivity index (χ1n) is 11.5. The van der Waals surface area contributed by atoms with Crippen LogP contribution in [0.3, 0.4) is 0 Å². The number of carbonyl (C=O) groups excluding carboxylic acids is 1. The zero-order valence-electron chi connectivity index (χ0n) is 20.3. The van der Waals surface area contributed by atoms with E-state index in [2.05, 4.69) is 29.4 Å². The molecule has 2 aromatic carbocycles. The molecule has 8 heteroatoms. The average Bonchev–Trinajstić information content (AvgIpc) is 3.33. The van der Waals surface area contributed by atoms with Gasteiger partial charge < -0.3 is 14.8 Å². The molecule has 4 rings (SSSR count). The van der Waals surface area contributed by atoms with Gasteiger partial charge in [0.15, 0.2) is 11.5 Å². The number of carbonyl (C=O) groups is 1. The standard InChI is InChI=1S/C27H29N3O4S/c1-5-18-6-9-20(10-7-18)21-15-35-26-24(21)27(32)30(16-29-26)17(2)25(31)28-13-12-19-8-11-22(33-3)23(14-19)34-4/h6-11,14-17H,5,12-13H2,1-4H3,(H,28,31). The summed E-state index contributed by atoms with van der Waals surface area (Å²) in [7, 11) is 3.18. The number of nitrogens with one attached hydrogen (secondary N) is 1. The van der Waals surface area contributed by atoms with Gasteiger partial charge in [-0.1, -0.05) is 37.3 Å². The number of methoxy groups -OCH3 is 2. The van der Waals surface area contributed by atoms with Crippen LogP contribution in [0.4, 0.5) is 0 Å². The molecule has 0 aliphatic rings. The highest BCUT2D eigenvalue weighted by Crippen LogP contribution is 2.31. The maximum Gasteiger partial charge on any atom is 0.263 e. The summed E-state index contributed by atoms with van der Waals surface area (Å²) in [5, 5.41) is 5.43. The molecule has 35 heavy (non-hydrogen) atoms. The molecular formula is C27H29N3O4S. The van der Waals surface area contributed by atoms with Crippen molar-refractivity contribution >= 4 is 27.5 Å². The van der Waals surface area contributed by atoms with Crippen LogP contribution in [0.15, 0.2) is 59.0 Å². The van der Waals surface area contributed by atoms with Crippen molar-refractivity contribution in [2.24, 2.45) is 0 Å². The number of hydrogen-bond acceptors (Lipinski definition) is 6. The third-order valence-electron chi connectivity index (χ3n) is 6.15. The summed E-state index contributed by atoms with van der Waals surface area (Å²) < 4.78 is 12.0. The van der Waals surface area contributed by atoms with Gasteiger partial charge in [-0.25, -0.2) is 4.98 Å². The Balaban J connectivity index is 1.50. The third kappa shape index (κ3) is 5.07. The first-order valence-corrected chi connectivity index (χ1v) is 12.4. The van der Waals surface area contributed by atoms with Crippen molar-refractivity contribution in [3.05, 3.63) is 75.7 Å². The topological polar surface area (TPSA) is 82.5 Å². The fourth-order valence-corrected chi connectivity index (χ4v) is 4.90. The molecule has 7 nitrogen and oxygen atoms in total. The minimum Gasteiger partial charge on any atom is -0.493 e. The number of thiophene rings is 1. The van der Waals surface area contributed by atoms with Crippen molar-refractivity contribution in [3.8, 4) is 22.6 Å². The first-order chi connectivity index (χ1) is 17.0. The molecule has 182 valence electrons. The zero-order valence-corrected chi connectivity index (χ0v) is 21.1. The van der Waals surface area contributed by atoms with Gasteiger partial charge in [0.1, 0.15) is 10.9 Å². The number of aromatic nitrogens is 2. The Hall–Kier alpha value is -3.65. The maximum atomic E-state index is 13.4. The van der Waals surface area contributed by atoms with Crippen LogP contribution in [0.1, 0.15) is 31.0 Å². The highest BCUT2D eigenvalue weighted by atomic mass is 32.1. The second-order valence-corrected chi connectivity index (χ2v) is 9.10. The Kier molecular flexibility index (Phi) is 7.51. The largest absolute Gasteiger partial charge is 0.493 e. The van der Waals surface area contributed by atoms with Crippen LogP contribution >= 0.6 is 11.3 Å². The zero-order chi connectivity index (χ0) is 24.9. The summed E-state index contributed by atoms with van der Waals surface area (Å²) in [6, 6.07) is 13.2. The Morgan fingerprint density at radius 2 is 1.80 bits per heavy atom. The van der Waals surface area contributed by atoms with Crippen LogP contribution < -0.4 is 20.3 Å². The molecule has 0 saturated heterocycles. The third-order valence-corrected chi connectivity index (χ3v) is 7.04. The van der Waals surface area contributed by atoms with E-state index >= 15 is 0 Å². The molecule has 1 N–H and O–H groups in total. The number of amides is 1. The van der Waals surface area contributed by atoms with E-state index in [0.29, 0.717) is 34.7 Å². The van der Waals surface area contributed by atoms with Crippen molar-refractivity contribution in [1.29, 1.82) is 0 Å². The van der Waals surface area contributed by atoms with Gasteiger partial charge in [-0.3, -0.25) is 14.2 Å². The molecule has 0 fully saturated rings. The van der Waals surface area contributed by atoms with E-state index < -0.39 is 6.04 Å². The number of nitrogens with zero attached hydrogens (tertiary/aromatic N) is 2. The predicted octanol–water partition coefficient (Wildman–Crippen LogP) is 4.62. The van der Waals surface area contributed by atoms with Gasteiger partial charge in [0.2, 0.25) is 5.91 Å². The summed E-state index contributed by atoms with van der Waals surface area (Å²) >= 11 is 1.43. The van der Waals surface area contributed by atoms with Crippen LogP contribution in [0.25, 0.3) is 21.3 Å². The molecule has 1 unspecified atom stereocenters. The van der Waals surface area contributed by atoms with E-state index in [4.69, 9.17) is 9.47 Å². The summed E-state index contributed by atoms with van der Waals surface area (Å²) in [5.41, 5.74) is 3.85. The number of hydrogen-bond donors (Lipinski definition) is 1. The molecule has 0 radical (unpaired) electrons. The quantitative estimate of drug-likeness (QED) is 0.369. The van der Waals surface area contributed by atoms with E-state index in [0.717, 1.165) is 23.1 Å². The summed E-state index contributed by atoms with van der Waals surface area (Å²) in [6.07, 6.45) is 3.04. The lowest BCUT2D eigenvalue weighted by atomic mass is 10.0. The highest BCUT2D eigenvalue weighted by molar-refractivity contribution is 7.17. The van der Waals surface area contributed by atoms with E-state index in [9.17, 15) is 9.59 Å². The van der Waals surface area contributed by atoms with Crippen LogP contribution in [-0.4, -0.2) is 36.2 Å². The Morgan fingerprint density at radius 1 is 1.09 bits per heavy atom. The van der Waals surface area contributed by atoms with Crippen LogP contribution in [0.2, 0.25) is 0 Å². The summed E-state index contributed by atoms with van der Waals surface area (Å²) in [5.74, 6) is 1.06. The lowest BCUT2D eigenvalue weighted by molar-refractivity contribution is -0.123. The van der Waals surface area contributed by atoms with Crippen LogP contribution in [0.5, 0.6) is 11.5 Å². The number of benzene rings is 2. The number of rotatable bonds is 9. The minimum absolute atomic E-state index is 0.214. The van der Waals surface area contributed by atoms with Gasteiger partial charge in [0.25, 0.3) is 5.56 Å². The Morgan fingerprint density at radius 3 is 2.49 bits per heavy atom. The molecular weight excluding hydrogens is 462 g/mol. The van der Waals surface area contributed by atoms with Crippen molar-refractivity contribution in [2.45, 2.75) is 32.7 Å². The molecule has 0 saturated carbocycles. The molecule has 1 atom stereocenters. The summed E-state index contributed by atoms with van der Waals surface area (Å²) in [4.78, 5) is 31.4. The molecule has 0 bridgehead atoms. The monoisotopic (exact) mass is 491 g/mol. The maximum absolute atomic E-state index is 13.4. The molecule has 1 amide bonds. The van der Waals surface area contributed by atoms with Gasteiger partial charge in [0.05, 0.1) is 25.9 Å². The van der Waals surface area contributed by atoms with Crippen LogP contribution in [0, 0.1) is 0 Å². The van der Waals surface area contributed by atoms with Gasteiger partial charge in [0, 0.05) is 17.5 Å². The average molecular weight is 492 g/mol. The molecule has 0 aliphatic heterocycles. The predicted molar refractivity (Wildman–Crippen MR) is 140 cm³/mol. The first kappa shape index (κ1) is 24.5. The molecule has 0 spiro atoms. The van der Waals surface area contributed by atoms with Gasteiger partial charge >= 0.3 is 0 Å². The van der Waals surface area contributed by atoms with Crippen LogP contribution in [-0.2, 0) is 17.6 Å². The van der Waals surface area contributed by atoms with Crippen molar-refractivity contribution < 1.29 is 14.3 Å². The SMILES string of the molecule is CCc1ccc(-c2csc3ncn(C(C)C(=O)NCCc4ccc(OC)c(OC)c4)c(=O)c23)cc1. The van der Waals surface area contributed by atoms with Crippen molar-refractivity contribution in [3.63, 3.8) is 0 Å². The molecule has 2 heterocycles. The highest BCUT2D eigenvalue weighted by Gasteiger charge is 2.20. The van der Waals surface area contributed by atoms with E-state index in [1.54, 1.807) is 21.1 Å². The number of ether oxygens (including phenoxy) is 2. The lowest BCUT2D eigenvalue weighted by Gasteiger charge is -2.15. The van der Waals surface area contributed by atoms with Crippen molar-refractivity contribution in [2.75, 3.05) is 20.8 Å². The lowest BCUT2D eigenvalue weighted by Crippen LogP contribution is -2.36. The fraction of sp³-hybridized carbons (Fsp3) is 0.296. The van der Waals surface area contributed by atoms with E-state index in [1.165, 1.54) is 27.8 Å². The van der Waals surface area contributed by atoms with Crippen molar-refractivity contribution in [1.82, 2.24) is 14.9 Å². The van der Waals surface area contributed by atoms with E-state index in [-0.39, 0.29) is 11.5 Å². The Labute approximate surface area is 208 Å². The minimum atomic E-state index is -0.694. The number of aryl methyl sites for hydroxylation is 1. The number of fused-ring (bicyclic) bond motifs is 1. The molecule has 2 aromatic heterocycles. The van der Waals surface area contributed by atoms with Gasteiger partial charge in [-0.15, -0.1) is 11.3 Å². The second-order valence-electron chi connectivity index (χ2n) is 8.24. The Bertz CT molecular complexity index is 1390. The van der Waals surface area contributed by atoms with E-state index in [1.807, 2.05) is 35.7 Å². The molecule has 0 aliphatic carbocycles. The van der Waals surface area contributed by atoms with Gasteiger partial charge in [-0.05, 0) is 48.6 Å². The van der Waals surface area contributed by atoms with Gasteiger partial charge in [-0.2, -0.15) is 0 Å². The fourth-order valence-electron chi connectivity index (χ4n) is 3.99. The smallest absolute Gasteiger partial charge is 0.263 e. The summed E-state index contributed by atoms with van der Waals surface area (Å²) in [6.45, 7) is 4.25. The normalized spacial score (nSPS) is 11.9.